The number of aromatic nitrogens is 5. The Hall–Kier alpha value is -4.45. The van der Waals surface area contributed by atoms with Crippen LogP contribution in [0.5, 0.6) is 5.75 Å². The number of nitrogens with zero attached hydrogens (tertiary/aromatic N) is 5. The SMILES string of the molecule is [2H]C([2H])(Oc1cc2n(c(=O)c1Cl)-c1cc(-n3cc(F)c(C(C)(C)NC(C)=O)n3)ncc1CCC/C=C/2)c1ncc(F)cc1F. The highest BCUT2D eigenvalue weighted by molar-refractivity contribution is 6.31. The first-order chi connectivity index (χ1) is 20.7. The highest BCUT2D eigenvalue weighted by Gasteiger charge is 2.29. The lowest BCUT2D eigenvalue weighted by molar-refractivity contribution is -0.120. The number of ether oxygens (including phenoxy) is 1. The van der Waals surface area contributed by atoms with Gasteiger partial charge in [-0.1, -0.05) is 17.7 Å². The molecule has 0 spiro atoms. The lowest BCUT2D eigenvalue weighted by Gasteiger charge is -2.23. The molecule has 4 aromatic rings. The maximum Gasteiger partial charge on any atom is 0.278 e. The van der Waals surface area contributed by atoms with Gasteiger partial charge in [-0.05, 0) is 44.7 Å². The van der Waals surface area contributed by atoms with Crippen LogP contribution in [0.2, 0.25) is 5.02 Å². The molecule has 0 aliphatic carbocycles. The molecule has 1 N–H and O–H groups in total. The molecule has 13 heteroatoms. The quantitative estimate of drug-likeness (QED) is 0.327. The molecule has 0 saturated heterocycles. The molecule has 0 fully saturated rings. The molecule has 0 saturated carbocycles. The molecule has 5 rings (SSSR count). The summed E-state index contributed by atoms with van der Waals surface area (Å²) in [6, 6.07) is 3.32. The summed E-state index contributed by atoms with van der Waals surface area (Å²) in [5.74, 6) is -3.55. The van der Waals surface area contributed by atoms with E-state index >= 15 is 4.39 Å². The van der Waals surface area contributed by atoms with E-state index in [9.17, 15) is 18.4 Å². The minimum atomic E-state index is -2.92. The lowest BCUT2D eigenvalue weighted by atomic mass is 10.0. The van der Waals surface area contributed by atoms with Crippen LogP contribution in [0.3, 0.4) is 0 Å². The number of halogens is 4. The summed E-state index contributed by atoms with van der Waals surface area (Å²) in [6.07, 6.45) is 8.61. The molecule has 5 heterocycles. The summed E-state index contributed by atoms with van der Waals surface area (Å²) in [6.45, 7) is 1.60. The summed E-state index contributed by atoms with van der Waals surface area (Å²) in [5.41, 5.74) is -1.48. The second kappa shape index (κ2) is 11.4. The number of allylic oxidation sites excluding steroid dienone is 1. The number of nitrogens with one attached hydrogen (secondary N) is 1. The molecule has 0 atom stereocenters. The van der Waals surface area contributed by atoms with Gasteiger partial charge >= 0.3 is 0 Å². The van der Waals surface area contributed by atoms with Crippen LogP contribution in [-0.4, -0.2) is 30.2 Å². The van der Waals surface area contributed by atoms with E-state index in [4.69, 9.17) is 19.1 Å². The summed E-state index contributed by atoms with van der Waals surface area (Å²) >= 11 is 6.42. The van der Waals surface area contributed by atoms with E-state index in [-0.39, 0.29) is 23.1 Å². The minimum Gasteiger partial charge on any atom is -0.485 e. The number of fused-ring (bicyclic) bond motifs is 3. The third-order valence-electron chi connectivity index (χ3n) is 6.49. The van der Waals surface area contributed by atoms with E-state index in [1.54, 1.807) is 26.1 Å². The molecule has 1 amide bonds. The molecule has 42 heavy (non-hydrogen) atoms. The van der Waals surface area contributed by atoms with Crippen molar-refractivity contribution in [3.63, 3.8) is 0 Å². The predicted octanol–water partition coefficient (Wildman–Crippen LogP) is 5.18. The van der Waals surface area contributed by atoms with Crippen molar-refractivity contribution < 1.29 is 25.4 Å². The van der Waals surface area contributed by atoms with E-state index in [0.717, 1.165) is 6.20 Å². The zero-order valence-corrected chi connectivity index (χ0v) is 23.5. The van der Waals surface area contributed by atoms with Gasteiger partial charge < -0.3 is 10.1 Å². The van der Waals surface area contributed by atoms with Gasteiger partial charge in [0.1, 0.15) is 34.5 Å². The van der Waals surface area contributed by atoms with E-state index < -0.39 is 51.6 Å². The van der Waals surface area contributed by atoms with Gasteiger partial charge in [0, 0.05) is 31.3 Å². The maximum atomic E-state index is 15.0. The van der Waals surface area contributed by atoms with Gasteiger partial charge in [-0.15, -0.1) is 0 Å². The van der Waals surface area contributed by atoms with E-state index in [2.05, 4.69) is 20.4 Å². The van der Waals surface area contributed by atoms with Crippen LogP contribution in [0, 0.1) is 17.5 Å². The fourth-order valence-corrected chi connectivity index (χ4v) is 4.80. The first-order valence-electron chi connectivity index (χ1n) is 13.8. The molecule has 4 aromatic heterocycles. The van der Waals surface area contributed by atoms with Gasteiger partial charge in [0.25, 0.3) is 5.56 Å². The van der Waals surface area contributed by atoms with Crippen molar-refractivity contribution in [1.82, 2.24) is 29.6 Å². The molecule has 1 aliphatic heterocycles. The number of pyridine rings is 3. The van der Waals surface area contributed by atoms with Crippen LogP contribution in [-0.2, 0) is 23.3 Å². The minimum absolute atomic E-state index is 0.0234. The monoisotopic (exact) mass is 600 g/mol. The van der Waals surface area contributed by atoms with Gasteiger partial charge in [-0.25, -0.2) is 22.8 Å². The van der Waals surface area contributed by atoms with Crippen molar-refractivity contribution in [2.45, 2.75) is 52.1 Å². The Morgan fingerprint density at radius 3 is 2.71 bits per heavy atom. The van der Waals surface area contributed by atoms with E-state index in [1.165, 1.54) is 28.3 Å². The third kappa shape index (κ3) is 5.80. The Balaban J connectivity index is 1.62. The Bertz CT molecular complexity index is 1880. The first kappa shape index (κ1) is 26.4. The van der Waals surface area contributed by atoms with Gasteiger partial charge in [0.15, 0.2) is 17.5 Å². The van der Waals surface area contributed by atoms with Crippen molar-refractivity contribution >= 4 is 23.6 Å². The molecule has 9 nitrogen and oxygen atoms in total. The average Bonchev–Trinajstić information content (AvgIpc) is 3.36. The Morgan fingerprint density at radius 1 is 1.19 bits per heavy atom. The zero-order chi connectivity index (χ0) is 32.0. The highest BCUT2D eigenvalue weighted by Crippen LogP contribution is 2.29. The van der Waals surface area contributed by atoms with Crippen LogP contribution in [0.4, 0.5) is 13.2 Å². The Labute approximate surface area is 246 Å². The Kier molecular flexibility index (Phi) is 7.20. The summed E-state index contributed by atoms with van der Waals surface area (Å²) in [4.78, 5) is 33.3. The van der Waals surface area contributed by atoms with Crippen molar-refractivity contribution in [1.29, 1.82) is 0 Å². The number of hydrogen-bond acceptors (Lipinski definition) is 6. The van der Waals surface area contributed by atoms with Crippen LogP contribution >= 0.6 is 11.6 Å². The molecule has 0 unspecified atom stereocenters. The maximum absolute atomic E-state index is 15.0. The lowest BCUT2D eigenvalue weighted by Crippen LogP contribution is -2.40. The number of hydrogen-bond donors (Lipinski definition) is 1. The second-order valence-electron chi connectivity index (χ2n) is 10.1. The zero-order valence-electron chi connectivity index (χ0n) is 24.7. The standard InChI is InChI=1S/C29H26ClF3N6O3/c1-16(40)36-29(2,3)27-21(33)14-38(37-27)25-11-23-17(12-35-25)7-5-4-6-8-19-10-24(26(30)28(41)39(19)23)42-15-22-20(32)9-18(31)13-34-22/h6,8-14H,4-5,7,15H2,1-3H3,(H,36,40)/b8-6+/i15D2. The largest absolute Gasteiger partial charge is 0.485 e. The molecular weight excluding hydrogens is 573 g/mol. The Morgan fingerprint density at radius 2 is 1.98 bits per heavy atom. The van der Waals surface area contributed by atoms with Crippen molar-refractivity contribution in [3.8, 4) is 17.3 Å². The number of aryl methyl sites for hydroxylation is 1. The number of amides is 1. The fraction of sp³-hybridized carbons (Fsp3) is 0.276. The second-order valence-corrected chi connectivity index (χ2v) is 10.5. The summed E-state index contributed by atoms with van der Waals surface area (Å²) < 4.78 is 67.1. The normalized spacial score (nSPS) is 14.8. The van der Waals surface area contributed by atoms with Gasteiger partial charge in [-0.2, -0.15) is 5.10 Å². The average molecular weight is 601 g/mol. The molecule has 0 radical (unpaired) electrons. The molecule has 0 bridgehead atoms. The van der Waals surface area contributed by atoms with Crippen LogP contribution < -0.4 is 15.6 Å². The van der Waals surface area contributed by atoms with Gasteiger partial charge in [-0.3, -0.25) is 19.1 Å². The number of carbonyl (C=O) groups is 1. The highest BCUT2D eigenvalue weighted by atomic mass is 35.5. The smallest absolute Gasteiger partial charge is 0.278 e. The van der Waals surface area contributed by atoms with Crippen molar-refractivity contribution in [2.75, 3.05) is 0 Å². The molecule has 0 aromatic carbocycles. The van der Waals surface area contributed by atoms with Crippen molar-refractivity contribution in [3.05, 3.63) is 98.3 Å². The third-order valence-corrected chi connectivity index (χ3v) is 6.84. The first-order valence-corrected chi connectivity index (χ1v) is 13.2. The summed E-state index contributed by atoms with van der Waals surface area (Å²) in [7, 11) is 0. The molecule has 1 aliphatic rings. The number of rotatable bonds is 6. The van der Waals surface area contributed by atoms with Crippen LogP contribution in [0.25, 0.3) is 17.6 Å². The van der Waals surface area contributed by atoms with Gasteiger partial charge in [0.2, 0.25) is 5.91 Å². The predicted molar refractivity (Wildman–Crippen MR) is 149 cm³/mol. The van der Waals surface area contributed by atoms with E-state index in [0.29, 0.717) is 42.8 Å². The number of carbonyl (C=O) groups excluding carboxylic acids is 1. The summed E-state index contributed by atoms with van der Waals surface area (Å²) in [5, 5.41) is 6.46. The van der Waals surface area contributed by atoms with Gasteiger partial charge in [0.05, 0.1) is 32.1 Å². The van der Waals surface area contributed by atoms with Crippen LogP contribution in [0.15, 0.2) is 47.7 Å². The van der Waals surface area contributed by atoms with Crippen LogP contribution in [0.1, 0.15) is 59.0 Å². The topological polar surface area (TPSA) is 104 Å². The van der Waals surface area contributed by atoms with E-state index in [1.807, 2.05) is 6.08 Å². The fourth-order valence-electron chi connectivity index (χ4n) is 4.62. The molecule has 218 valence electrons. The van der Waals surface area contributed by atoms with Crippen molar-refractivity contribution in [2.24, 2.45) is 0 Å². The molecular formula is C29H26ClF3N6O3.